The summed E-state index contributed by atoms with van der Waals surface area (Å²) in [5.74, 6) is -0.306. The second-order valence-electron chi connectivity index (χ2n) is 5.01. The smallest absolute Gasteiger partial charge is 0.416 e. The van der Waals surface area contributed by atoms with Gasteiger partial charge in [-0.3, -0.25) is 0 Å². The maximum atomic E-state index is 12.7. The van der Waals surface area contributed by atoms with E-state index in [0.717, 1.165) is 18.2 Å². The van der Waals surface area contributed by atoms with Crippen molar-refractivity contribution in [2.24, 2.45) is 5.16 Å². The van der Waals surface area contributed by atoms with Crippen LogP contribution in [-0.2, 0) is 20.5 Å². The molecule has 0 N–H and O–H groups in total. The quantitative estimate of drug-likeness (QED) is 0.359. The molecule has 10 heteroatoms. The molecular formula is C17H12Cl2F3NO4. The number of esters is 1. The van der Waals surface area contributed by atoms with Crippen molar-refractivity contribution in [1.29, 1.82) is 0 Å². The van der Waals surface area contributed by atoms with E-state index in [9.17, 15) is 18.0 Å². The highest BCUT2D eigenvalue weighted by atomic mass is 35.5. The van der Waals surface area contributed by atoms with Gasteiger partial charge in [0.25, 0.3) is 0 Å². The molecule has 27 heavy (non-hydrogen) atoms. The number of alkyl halides is 3. The Balaban J connectivity index is 2.14. The minimum Gasteiger partial charge on any atom is -0.466 e. The van der Waals surface area contributed by atoms with Crippen LogP contribution in [0.1, 0.15) is 11.1 Å². The predicted molar refractivity (Wildman–Crippen MR) is 93.5 cm³/mol. The highest BCUT2D eigenvalue weighted by molar-refractivity contribution is 6.33. The number of methoxy groups -OCH3 is 1. The molecule has 0 saturated carbocycles. The standard InChI is InChI=1S/C17H12Cl2F3NO4/c1-25-16(24)9-26-23-8-10-6-12(3-4-13(10)18)27-15-5-2-11(7-14(15)19)17(20,21)22/h2-8H,9H2,1H3. The third-order valence-electron chi connectivity index (χ3n) is 3.13. The molecule has 0 bridgehead atoms. The Morgan fingerprint density at radius 2 is 1.89 bits per heavy atom. The van der Waals surface area contributed by atoms with Crippen LogP contribution in [0, 0.1) is 0 Å². The predicted octanol–water partition coefficient (Wildman–Crippen LogP) is 5.33. The zero-order chi connectivity index (χ0) is 20.0. The number of ether oxygens (including phenoxy) is 2. The maximum absolute atomic E-state index is 12.7. The third-order valence-corrected chi connectivity index (χ3v) is 3.77. The number of rotatable bonds is 6. The second kappa shape index (κ2) is 8.96. The summed E-state index contributed by atoms with van der Waals surface area (Å²) in [6.07, 6.45) is -3.26. The molecule has 2 rings (SSSR count). The minimum atomic E-state index is -4.50. The summed E-state index contributed by atoms with van der Waals surface area (Å²) in [6.45, 7) is -0.373. The second-order valence-corrected chi connectivity index (χ2v) is 5.83. The summed E-state index contributed by atoms with van der Waals surface area (Å²) in [5, 5.41) is 3.69. The molecule has 0 spiro atoms. The van der Waals surface area contributed by atoms with Gasteiger partial charge in [-0.15, -0.1) is 0 Å². The number of carbonyl (C=O) groups excluding carboxylic acids is 1. The fourth-order valence-electron chi connectivity index (χ4n) is 1.81. The summed E-state index contributed by atoms with van der Waals surface area (Å²) in [7, 11) is 1.21. The van der Waals surface area contributed by atoms with Gasteiger partial charge in [-0.05, 0) is 36.4 Å². The lowest BCUT2D eigenvalue weighted by Gasteiger charge is -2.11. The largest absolute Gasteiger partial charge is 0.466 e. The van der Waals surface area contributed by atoms with Crippen LogP contribution in [0.4, 0.5) is 13.2 Å². The summed E-state index contributed by atoms with van der Waals surface area (Å²) in [5.41, 5.74) is -0.492. The Bertz CT molecular complexity index is 857. The van der Waals surface area contributed by atoms with E-state index in [1.54, 1.807) is 0 Å². The SMILES string of the molecule is COC(=O)CON=Cc1cc(Oc2ccc(C(F)(F)F)cc2Cl)ccc1Cl. The van der Waals surface area contributed by atoms with E-state index >= 15 is 0 Å². The van der Waals surface area contributed by atoms with E-state index in [-0.39, 0.29) is 23.1 Å². The topological polar surface area (TPSA) is 57.1 Å². The van der Waals surface area contributed by atoms with Crippen molar-refractivity contribution in [2.75, 3.05) is 13.7 Å². The minimum absolute atomic E-state index is 0.0387. The van der Waals surface area contributed by atoms with Crippen LogP contribution in [0.15, 0.2) is 41.6 Å². The van der Waals surface area contributed by atoms with E-state index < -0.39 is 17.7 Å². The lowest BCUT2D eigenvalue weighted by atomic mass is 10.2. The van der Waals surface area contributed by atoms with Crippen molar-refractivity contribution in [3.63, 3.8) is 0 Å². The Kier molecular flexibility index (Phi) is 6.92. The molecule has 0 amide bonds. The van der Waals surface area contributed by atoms with Gasteiger partial charge in [-0.25, -0.2) is 4.79 Å². The Hall–Kier alpha value is -2.45. The Morgan fingerprint density at radius 1 is 1.15 bits per heavy atom. The fraction of sp³-hybridized carbons (Fsp3) is 0.176. The zero-order valence-electron chi connectivity index (χ0n) is 13.7. The van der Waals surface area contributed by atoms with Gasteiger partial charge in [-0.1, -0.05) is 28.4 Å². The molecule has 0 atom stereocenters. The van der Waals surface area contributed by atoms with E-state index in [4.69, 9.17) is 32.8 Å². The van der Waals surface area contributed by atoms with Crippen molar-refractivity contribution >= 4 is 35.4 Å². The zero-order valence-corrected chi connectivity index (χ0v) is 15.2. The number of carbonyl (C=O) groups is 1. The average molecular weight is 422 g/mol. The Labute approximate surface area is 162 Å². The molecule has 0 fully saturated rings. The summed E-state index contributed by atoms with van der Waals surface area (Å²) in [6, 6.07) is 7.23. The van der Waals surface area contributed by atoms with Gasteiger partial charge in [-0.2, -0.15) is 13.2 Å². The van der Waals surface area contributed by atoms with Crippen LogP contribution in [0.2, 0.25) is 10.0 Å². The van der Waals surface area contributed by atoms with Crippen LogP contribution in [0.25, 0.3) is 0 Å². The molecule has 5 nitrogen and oxygen atoms in total. The molecule has 0 radical (unpaired) electrons. The maximum Gasteiger partial charge on any atom is 0.416 e. The van der Waals surface area contributed by atoms with E-state index in [1.165, 1.54) is 31.5 Å². The molecule has 0 heterocycles. The normalized spacial score (nSPS) is 11.5. The van der Waals surface area contributed by atoms with Gasteiger partial charge in [0.05, 0.1) is 23.9 Å². The lowest BCUT2D eigenvalue weighted by Crippen LogP contribution is -2.07. The number of hydrogen-bond donors (Lipinski definition) is 0. The number of nitrogens with zero attached hydrogens (tertiary/aromatic N) is 1. The molecule has 144 valence electrons. The molecule has 2 aromatic carbocycles. The first kappa shape index (κ1) is 20.9. The lowest BCUT2D eigenvalue weighted by molar-refractivity contribution is -0.145. The van der Waals surface area contributed by atoms with Gasteiger partial charge in [0, 0.05) is 10.6 Å². The van der Waals surface area contributed by atoms with Gasteiger partial charge >= 0.3 is 12.1 Å². The van der Waals surface area contributed by atoms with E-state index in [0.29, 0.717) is 10.6 Å². The molecular weight excluding hydrogens is 410 g/mol. The molecule has 0 aliphatic rings. The van der Waals surface area contributed by atoms with Crippen molar-refractivity contribution < 1.29 is 32.3 Å². The molecule has 0 saturated heterocycles. The number of oxime groups is 1. The monoisotopic (exact) mass is 421 g/mol. The highest BCUT2D eigenvalue weighted by Gasteiger charge is 2.31. The number of halogens is 5. The number of hydrogen-bond acceptors (Lipinski definition) is 5. The van der Waals surface area contributed by atoms with Crippen LogP contribution >= 0.6 is 23.2 Å². The molecule has 2 aromatic rings. The van der Waals surface area contributed by atoms with Gasteiger partial charge in [0.15, 0.2) is 0 Å². The van der Waals surface area contributed by atoms with Crippen molar-refractivity contribution in [1.82, 2.24) is 0 Å². The summed E-state index contributed by atoms with van der Waals surface area (Å²) in [4.78, 5) is 15.7. The fourth-order valence-corrected chi connectivity index (χ4v) is 2.20. The van der Waals surface area contributed by atoms with Crippen molar-refractivity contribution in [3.8, 4) is 11.5 Å². The van der Waals surface area contributed by atoms with Crippen LogP contribution in [-0.4, -0.2) is 25.9 Å². The van der Waals surface area contributed by atoms with Crippen LogP contribution in [0.5, 0.6) is 11.5 Å². The van der Waals surface area contributed by atoms with E-state index in [2.05, 4.69) is 9.89 Å². The number of benzene rings is 2. The van der Waals surface area contributed by atoms with Gasteiger partial charge in [0.1, 0.15) is 11.5 Å². The summed E-state index contributed by atoms with van der Waals surface area (Å²) < 4.78 is 47.9. The first-order valence-electron chi connectivity index (χ1n) is 7.27. The van der Waals surface area contributed by atoms with Gasteiger partial charge < -0.3 is 14.3 Å². The van der Waals surface area contributed by atoms with E-state index in [1.807, 2.05) is 0 Å². The van der Waals surface area contributed by atoms with Crippen molar-refractivity contribution in [3.05, 3.63) is 57.6 Å². The van der Waals surface area contributed by atoms with Crippen LogP contribution in [0.3, 0.4) is 0 Å². The first-order valence-corrected chi connectivity index (χ1v) is 8.02. The first-order chi connectivity index (χ1) is 12.7. The van der Waals surface area contributed by atoms with Gasteiger partial charge in [0.2, 0.25) is 6.61 Å². The average Bonchev–Trinajstić information content (AvgIpc) is 2.61. The summed E-state index contributed by atoms with van der Waals surface area (Å²) >= 11 is 11.9. The van der Waals surface area contributed by atoms with Crippen molar-refractivity contribution in [2.45, 2.75) is 6.18 Å². The molecule has 0 aromatic heterocycles. The molecule has 0 aliphatic heterocycles. The third kappa shape index (κ3) is 6.04. The highest BCUT2D eigenvalue weighted by Crippen LogP contribution is 2.36. The van der Waals surface area contributed by atoms with Crippen LogP contribution < -0.4 is 4.74 Å². The molecule has 0 aliphatic carbocycles. The molecule has 0 unspecified atom stereocenters. The Morgan fingerprint density at radius 3 is 2.52 bits per heavy atom.